The van der Waals surface area contributed by atoms with E-state index in [4.69, 9.17) is 4.74 Å². The lowest BCUT2D eigenvalue weighted by Gasteiger charge is -2.20. The summed E-state index contributed by atoms with van der Waals surface area (Å²) >= 11 is 2.15. The van der Waals surface area contributed by atoms with E-state index in [0.717, 1.165) is 11.9 Å². The summed E-state index contributed by atoms with van der Waals surface area (Å²) in [4.78, 5) is 0. The molecule has 1 saturated carbocycles. The molecular formula is C14H24OS. The van der Waals surface area contributed by atoms with E-state index in [1.54, 1.807) is 5.57 Å². The quantitative estimate of drug-likeness (QED) is 0.527. The summed E-state index contributed by atoms with van der Waals surface area (Å²) in [5, 5.41) is 0.874. The maximum absolute atomic E-state index is 5.70. The number of allylic oxidation sites excluding steroid dienone is 1. The lowest BCUT2D eigenvalue weighted by atomic mass is 9.96. The van der Waals surface area contributed by atoms with Gasteiger partial charge in [0.1, 0.15) is 0 Å². The zero-order chi connectivity index (χ0) is 11.1. The van der Waals surface area contributed by atoms with E-state index < -0.39 is 0 Å². The molecule has 16 heavy (non-hydrogen) atoms. The molecule has 0 amide bonds. The number of thioether (sulfide) groups is 1. The van der Waals surface area contributed by atoms with Gasteiger partial charge in [0.25, 0.3) is 0 Å². The molecular weight excluding hydrogens is 216 g/mol. The SMILES string of the molecule is C(OCCC1CCCCS1)=C1CCCCC1. The second kappa shape index (κ2) is 7.26. The van der Waals surface area contributed by atoms with Crippen molar-refractivity contribution in [3.63, 3.8) is 0 Å². The fraction of sp³-hybridized carbons (Fsp3) is 0.857. The van der Waals surface area contributed by atoms with Gasteiger partial charge in [0, 0.05) is 5.25 Å². The topological polar surface area (TPSA) is 9.23 Å². The summed E-state index contributed by atoms with van der Waals surface area (Å²) in [5.41, 5.74) is 1.54. The molecule has 0 N–H and O–H groups in total. The second-order valence-electron chi connectivity index (χ2n) is 4.98. The van der Waals surface area contributed by atoms with E-state index in [2.05, 4.69) is 18.0 Å². The van der Waals surface area contributed by atoms with Gasteiger partial charge in [-0.05, 0) is 56.3 Å². The summed E-state index contributed by atoms with van der Waals surface area (Å²) in [7, 11) is 0. The van der Waals surface area contributed by atoms with Crippen molar-refractivity contribution in [1.82, 2.24) is 0 Å². The molecule has 0 radical (unpaired) electrons. The van der Waals surface area contributed by atoms with Crippen LogP contribution >= 0.6 is 11.8 Å². The molecule has 0 aromatic heterocycles. The molecule has 1 unspecified atom stereocenters. The van der Waals surface area contributed by atoms with Gasteiger partial charge in [0.15, 0.2) is 0 Å². The molecule has 1 heterocycles. The molecule has 92 valence electrons. The number of hydrogen-bond acceptors (Lipinski definition) is 2. The molecule has 1 nitrogen and oxygen atoms in total. The second-order valence-corrected chi connectivity index (χ2v) is 6.39. The lowest BCUT2D eigenvalue weighted by molar-refractivity contribution is 0.236. The first-order chi connectivity index (χ1) is 7.95. The molecule has 2 heteroatoms. The van der Waals surface area contributed by atoms with Crippen LogP contribution in [0.3, 0.4) is 0 Å². The molecule has 1 aliphatic heterocycles. The molecule has 0 bridgehead atoms. The van der Waals surface area contributed by atoms with Gasteiger partial charge in [-0.2, -0.15) is 11.8 Å². The smallest absolute Gasteiger partial charge is 0.0883 e. The van der Waals surface area contributed by atoms with Crippen LogP contribution in [0.2, 0.25) is 0 Å². The molecule has 0 aromatic rings. The van der Waals surface area contributed by atoms with Crippen molar-refractivity contribution in [2.45, 2.75) is 63.0 Å². The third kappa shape index (κ3) is 4.40. The van der Waals surface area contributed by atoms with Crippen LogP contribution in [0.1, 0.15) is 57.8 Å². The van der Waals surface area contributed by atoms with Crippen molar-refractivity contribution in [2.75, 3.05) is 12.4 Å². The Morgan fingerprint density at radius 2 is 2.00 bits per heavy atom. The minimum absolute atomic E-state index is 0.874. The maximum Gasteiger partial charge on any atom is 0.0883 e. The van der Waals surface area contributed by atoms with Crippen molar-refractivity contribution < 1.29 is 4.74 Å². The Bertz CT molecular complexity index is 211. The van der Waals surface area contributed by atoms with Gasteiger partial charge in [-0.25, -0.2) is 0 Å². The monoisotopic (exact) mass is 240 g/mol. The largest absolute Gasteiger partial charge is 0.501 e. The molecule has 1 atom stereocenters. The predicted molar refractivity (Wildman–Crippen MR) is 71.8 cm³/mol. The maximum atomic E-state index is 5.70. The van der Waals surface area contributed by atoms with Crippen molar-refractivity contribution >= 4 is 11.8 Å². The average molecular weight is 240 g/mol. The fourth-order valence-corrected chi connectivity index (χ4v) is 3.84. The van der Waals surface area contributed by atoms with Crippen molar-refractivity contribution in [1.29, 1.82) is 0 Å². The first kappa shape index (κ1) is 12.3. The first-order valence-electron chi connectivity index (χ1n) is 6.86. The van der Waals surface area contributed by atoms with Gasteiger partial charge in [-0.1, -0.05) is 12.8 Å². The Morgan fingerprint density at radius 3 is 2.75 bits per heavy atom. The van der Waals surface area contributed by atoms with Crippen LogP contribution in [0.4, 0.5) is 0 Å². The summed E-state index contributed by atoms with van der Waals surface area (Å²) in [6.07, 6.45) is 14.3. The standard InChI is InChI=1S/C14H24OS/c1-2-6-13(7-3-1)12-15-10-9-14-8-4-5-11-16-14/h12,14H,1-11H2. The highest BCUT2D eigenvalue weighted by atomic mass is 32.2. The van der Waals surface area contributed by atoms with Gasteiger partial charge in [-0.15, -0.1) is 0 Å². The summed E-state index contributed by atoms with van der Waals surface area (Å²) in [5.74, 6) is 1.37. The highest BCUT2D eigenvalue weighted by Gasteiger charge is 2.13. The first-order valence-corrected chi connectivity index (χ1v) is 7.91. The Morgan fingerprint density at radius 1 is 1.12 bits per heavy atom. The summed E-state index contributed by atoms with van der Waals surface area (Å²) < 4.78 is 5.70. The van der Waals surface area contributed by atoms with Crippen molar-refractivity contribution in [2.24, 2.45) is 0 Å². The zero-order valence-corrected chi connectivity index (χ0v) is 11.1. The summed E-state index contributed by atoms with van der Waals surface area (Å²) in [6, 6.07) is 0. The van der Waals surface area contributed by atoms with Crippen LogP contribution in [-0.2, 0) is 4.74 Å². The number of ether oxygens (including phenoxy) is 1. The summed E-state index contributed by atoms with van der Waals surface area (Å²) in [6.45, 7) is 0.932. The number of rotatable bonds is 4. The highest BCUT2D eigenvalue weighted by Crippen LogP contribution is 2.27. The van der Waals surface area contributed by atoms with Gasteiger partial charge in [0.2, 0.25) is 0 Å². The third-order valence-corrected chi connectivity index (χ3v) is 5.04. The molecule has 1 saturated heterocycles. The van der Waals surface area contributed by atoms with E-state index in [1.807, 2.05) is 0 Å². The minimum atomic E-state index is 0.874. The predicted octanol–water partition coefficient (Wildman–Crippen LogP) is 4.53. The van der Waals surface area contributed by atoms with E-state index in [9.17, 15) is 0 Å². The molecule has 2 fully saturated rings. The molecule has 2 aliphatic rings. The van der Waals surface area contributed by atoms with E-state index >= 15 is 0 Å². The van der Waals surface area contributed by atoms with Crippen LogP contribution in [-0.4, -0.2) is 17.6 Å². The van der Waals surface area contributed by atoms with Crippen LogP contribution in [0, 0.1) is 0 Å². The minimum Gasteiger partial charge on any atom is -0.501 e. The molecule has 1 aliphatic carbocycles. The Hall–Kier alpha value is -0.110. The Balaban J connectivity index is 1.56. The van der Waals surface area contributed by atoms with Crippen LogP contribution < -0.4 is 0 Å². The van der Waals surface area contributed by atoms with Crippen molar-refractivity contribution in [3.05, 3.63) is 11.8 Å². The fourth-order valence-electron chi connectivity index (χ4n) is 2.54. The zero-order valence-electron chi connectivity index (χ0n) is 10.2. The molecule has 2 rings (SSSR count). The van der Waals surface area contributed by atoms with Crippen LogP contribution in [0.5, 0.6) is 0 Å². The van der Waals surface area contributed by atoms with Crippen molar-refractivity contribution in [3.8, 4) is 0 Å². The van der Waals surface area contributed by atoms with E-state index in [0.29, 0.717) is 0 Å². The lowest BCUT2D eigenvalue weighted by Crippen LogP contribution is -2.11. The normalized spacial score (nSPS) is 26.5. The van der Waals surface area contributed by atoms with Crippen LogP contribution in [0.15, 0.2) is 11.8 Å². The van der Waals surface area contributed by atoms with Gasteiger partial charge < -0.3 is 4.74 Å². The molecule has 0 aromatic carbocycles. The molecule has 0 spiro atoms. The highest BCUT2D eigenvalue weighted by molar-refractivity contribution is 7.99. The van der Waals surface area contributed by atoms with Gasteiger partial charge >= 0.3 is 0 Å². The van der Waals surface area contributed by atoms with Crippen LogP contribution in [0.25, 0.3) is 0 Å². The average Bonchev–Trinajstić information content (AvgIpc) is 2.37. The number of hydrogen-bond donors (Lipinski definition) is 0. The third-order valence-electron chi connectivity index (χ3n) is 3.58. The van der Waals surface area contributed by atoms with Gasteiger partial charge in [0.05, 0.1) is 12.9 Å². The van der Waals surface area contributed by atoms with E-state index in [1.165, 1.54) is 63.5 Å². The van der Waals surface area contributed by atoms with E-state index in [-0.39, 0.29) is 0 Å². The Kier molecular flexibility index (Phi) is 5.60. The Labute approximate surface area is 104 Å². The van der Waals surface area contributed by atoms with Gasteiger partial charge in [-0.3, -0.25) is 0 Å².